The molecule has 15 heteroatoms. The standard InChI is InChI=1S/C53H67N7O8/c1-10-44(61)59-29-39(48-43(59)21-24-67-48)50(63)57(8)46(31(3)4)49(62)55-41-26-33-15-12-16-34(25-33)35-19-20-42-37(27-35)38(47(58(42)11-2)36-17-13-22-54-45(36)32(5)66-9)28-53(6,7)30-68-52(65)40-18-14-23-60(56-40)51(41)64/h10,12-13,15-17,19-20,22,25,27,31-32,39-41,43,46,48,56H,1,11,14,18,21,23-24,26,28-30H2,2-9H3,(H,55,62)/t32-,39+,40-,41-,43+,46?,48+/m0/s1. The Morgan fingerprint density at radius 2 is 1.85 bits per heavy atom. The van der Waals surface area contributed by atoms with Crippen molar-refractivity contribution in [2.75, 3.05) is 40.5 Å². The van der Waals surface area contributed by atoms with Gasteiger partial charge in [0, 0.05) is 74.9 Å². The number of fused-ring (bicyclic) bond motifs is 7. The van der Waals surface area contributed by atoms with E-state index in [2.05, 4.69) is 79.1 Å². The largest absolute Gasteiger partial charge is 0.464 e. The van der Waals surface area contributed by atoms with Crippen molar-refractivity contribution in [2.45, 2.75) is 117 Å². The number of amides is 4. The molecule has 3 fully saturated rings. The van der Waals surface area contributed by atoms with Crippen LogP contribution in [0.25, 0.3) is 33.3 Å². The lowest BCUT2D eigenvalue weighted by molar-refractivity contribution is -0.155. The SMILES string of the molecule is C=CC(=O)N1C[C@@H](C(=O)N(C)C(C(=O)N[C@H]2Cc3cccc(c3)-c3ccc4c(c3)c(c(-c3cccnc3[C@H](C)OC)n4CC)CC(C)(C)COC(=O)[C@@H]3CCCN(N3)C2=O)C(C)C)[C@H]2OCC[C@H]21. The van der Waals surface area contributed by atoms with E-state index in [-0.39, 0.29) is 49.5 Å². The molecule has 0 aliphatic carbocycles. The summed E-state index contributed by atoms with van der Waals surface area (Å²) in [6, 6.07) is 15.5. The Labute approximate surface area is 399 Å². The molecule has 2 aromatic carbocycles. The maximum atomic E-state index is 14.8. The molecule has 15 nitrogen and oxygen atoms in total. The Morgan fingerprint density at radius 1 is 1.07 bits per heavy atom. The summed E-state index contributed by atoms with van der Waals surface area (Å²) in [6.07, 6.45) is 4.63. The summed E-state index contributed by atoms with van der Waals surface area (Å²) >= 11 is 0. The molecule has 4 amide bonds. The first-order valence-electron chi connectivity index (χ1n) is 24.1. The molecule has 68 heavy (non-hydrogen) atoms. The molecule has 8 rings (SSSR count). The van der Waals surface area contributed by atoms with Crippen molar-refractivity contribution < 1.29 is 38.2 Å². The third-order valence-electron chi connectivity index (χ3n) is 14.4. The number of hydrogen-bond donors (Lipinski definition) is 2. The molecule has 7 atom stereocenters. The van der Waals surface area contributed by atoms with Crippen molar-refractivity contribution in [3.05, 3.63) is 90.3 Å². The minimum Gasteiger partial charge on any atom is -0.464 e. The Bertz CT molecular complexity index is 2590. The van der Waals surface area contributed by atoms with Gasteiger partial charge in [-0.3, -0.25) is 34.0 Å². The zero-order valence-corrected chi connectivity index (χ0v) is 40.7. The van der Waals surface area contributed by atoms with Crippen LogP contribution in [0.4, 0.5) is 0 Å². The molecule has 0 spiro atoms. The maximum absolute atomic E-state index is 14.8. The molecule has 4 aromatic rings. The van der Waals surface area contributed by atoms with Crippen molar-refractivity contribution in [1.29, 1.82) is 0 Å². The number of esters is 1. The highest BCUT2D eigenvalue weighted by atomic mass is 16.5. The van der Waals surface area contributed by atoms with Gasteiger partial charge in [0.2, 0.25) is 17.7 Å². The predicted octanol–water partition coefficient (Wildman–Crippen LogP) is 6.03. The summed E-state index contributed by atoms with van der Waals surface area (Å²) in [6.45, 7) is 17.4. The lowest BCUT2D eigenvalue weighted by Gasteiger charge is -2.37. The summed E-state index contributed by atoms with van der Waals surface area (Å²) in [7, 11) is 3.29. The van der Waals surface area contributed by atoms with Crippen LogP contribution in [-0.4, -0.2) is 125 Å². The fraction of sp³-hybridized carbons (Fsp3) is 0.509. The van der Waals surface area contributed by atoms with Crippen molar-refractivity contribution in [3.63, 3.8) is 0 Å². The number of hydrazine groups is 1. The van der Waals surface area contributed by atoms with Gasteiger partial charge in [-0.2, -0.15) is 0 Å². The number of nitrogens with zero attached hydrogens (tertiary/aromatic N) is 5. The van der Waals surface area contributed by atoms with E-state index in [0.29, 0.717) is 45.4 Å². The lowest BCUT2D eigenvalue weighted by atomic mass is 9.84. The normalized spacial score (nSPS) is 23.7. The van der Waals surface area contributed by atoms with Gasteiger partial charge in [-0.15, -0.1) is 0 Å². The number of aromatic nitrogens is 2. The Morgan fingerprint density at radius 3 is 2.59 bits per heavy atom. The topological polar surface area (TPSA) is 165 Å². The molecular formula is C53H67N7O8. The highest BCUT2D eigenvalue weighted by Crippen LogP contribution is 2.42. The van der Waals surface area contributed by atoms with Crippen LogP contribution in [0.2, 0.25) is 0 Å². The van der Waals surface area contributed by atoms with Crippen LogP contribution in [0.1, 0.15) is 83.7 Å². The number of benzene rings is 2. The molecule has 1 unspecified atom stereocenters. The van der Waals surface area contributed by atoms with Gasteiger partial charge in [0.05, 0.1) is 42.2 Å². The minimum absolute atomic E-state index is 0.130. The van der Waals surface area contributed by atoms with Gasteiger partial charge in [0.25, 0.3) is 5.91 Å². The molecule has 3 saturated heterocycles. The maximum Gasteiger partial charge on any atom is 0.324 e. The third-order valence-corrected chi connectivity index (χ3v) is 14.4. The van der Waals surface area contributed by atoms with Gasteiger partial charge < -0.3 is 33.9 Å². The van der Waals surface area contributed by atoms with E-state index in [1.54, 1.807) is 25.3 Å². The van der Waals surface area contributed by atoms with Crippen LogP contribution in [0.3, 0.4) is 0 Å². The van der Waals surface area contributed by atoms with Gasteiger partial charge in [0.1, 0.15) is 18.1 Å². The molecule has 0 radical (unpaired) electrons. The Hall–Kier alpha value is -5.90. The highest BCUT2D eigenvalue weighted by Gasteiger charge is 2.52. The second-order valence-electron chi connectivity index (χ2n) is 20.0. The molecule has 2 N–H and O–H groups in total. The first-order chi connectivity index (χ1) is 32.5. The molecule has 4 aliphatic rings. The predicted molar refractivity (Wildman–Crippen MR) is 259 cm³/mol. The Kier molecular flexibility index (Phi) is 14.3. The number of rotatable bonds is 10. The number of likely N-dealkylation sites (tertiary alicyclic amines) is 1. The van der Waals surface area contributed by atoms with Crippen molar-refractivity contribution in [3.8, 4) is 22.4 Å². The van der Waals surface area contributed by atoms with E-state index in [0.717, 1.165) is 50.1 Å². The number of cyclic esters (lactones) is 1. The average molecular weight is 930 g/mol. The molecule has 6 bridgehead atoms. The van der Waals surface area contributed by atoms with Gasteiger partial charge in [-0.1, -0.05) is 64.6 Å². The molecule has 2 aromatic heterocycles. The second-order valence-corrected chi connectivity index (χ2v) is 20.0. The summed E-state index contributed by atoms with van der Waals surface area (Å²) in [4.78, 5) is 78.5. The van der Waals surface area contributed by atoms with Gasteiger partial charge in [-0.25, -0.2) is 5.43 Å². The summed E-state index contributed by atoms with van der Waals surface area (Å²) < 4.78 is 20.3. The van der Waals surface area contributed by atoms with Crippen LogP contribution in [-0.2, 0) is 57.6 Å². The lowest BCUT2D eigenvalue weighted by Crippen LogP contribution is -2.62. The second kappa shape index (κ2) is 20.0. The number of carbonyl (C=O) groups excluding carboxylic acids is 5. The number of ether oxygens (including phenoxy) is 3. The van der Waals surface area contributed by atoms with Crippen molar-refractivity contribution in [2.24, 2.45) is 17.3 Å². The highest BCUT2D eigenvalue weighted by molar-refractivity contribution is 5.96. The zero-order chi connectivity index (χ0) is 48.6. The molecular weight excluding hydrogens is 863 g/mol. The van der Waals surface area contributed by atoms with E-state index < -0.39 is 53.3 Å². The minimum atomic E-state index is -1.07. The zero-order valence-electron chi connectivity index (χ0n) is 40.7. The number of nitrogens with one attached hydrogen (secondary N) is 2. The van der Waals surface area contributed by atoms with E-state index >= 15 is 0 Å². The molecule has 0 saturated carbocycles. The van der Waals surface area contributed by atoms with Crippen LogP contribution in [0.5, 0.6) is 0 Å². The third kappa shape index (κ3) is 9.44. The summed E-state index contributed by atoms with van der Waals surface area (Å²) in [5.41, 5.74) is 10.4. The Balaban J connectivity index is 1.17. The van der Waals surface area contributed by atoms with E-state index in [1.807, 2.05) is 39.0 Å². The molecule has 362 valence electrons. The van der Waals surface area contributed by atoms with Crippen molar-refractivity contribution >= 4 is 40.5 Å². The quantitative estimate of drug-likeness (QED) is 0.142. The number of hydrogen-bond acceptors (Lipinski definition) is 10. The fourth-order valence-corrected chi connectivity index (χ4v) is 10.9. The van der Waals surface area contributed by atoms with Gasteiger partial charge >= 0.3 is 5.97 Å². The summed E-state index contributed by atoms with van der Waals surface area (Å²) in [5.74, 6) is -2.94. The fourth-order valence-electron chi connectivity index (χ4n) is 10.9. The van der Waals surface area contributed by atoms with Crippen LogP contribution in [0, 0.1) is 17.3 Å². The number of methoxy groups -OCH3 is 1. The smallest absolute Gasteiger partial charge is 0.324 e. The number of carbonyl (C=O) groups is 5. The van der Waals surface area contributed by atoms with Gasteiger partial charge in [-0.05, 0) is 98.0 Å². The van der Waals surface area contributed by atoms with Crippen LogP contribution in [0.15, 0.2) is 73.4 Å². The van der Waals surface area contributed by atoms with Crippen molar-refractivity contribution in [1.82, 2.24) is 35.1 Å². The first kappa shape index (κ1) is 48.6. The van der Waals surface area contributed by atoms with E-state index in [9.17, 15) is 24.0 Å². The molecule has 4 aliphatic heterocycles. The van der Waals surface area contributed by atoms with E-state index in [1.165, 1.54) is 16.0 Å². The monoisotopic (exact) mass is 930 g/mol. The van der Waals surface area contributed by atoms with E-state index in [4.69, 9.17) is 19.2 Å². The number of likely N-dealkylation sites (N-methyl/N-ethyl adjacent to an activating group) is 1. The molecule has 6 heterocycles. The van der Waals surface area contributed by atoms with Crippen LogP contribution >= 0.6 is 0 Å². The van der Waals surface area contributed by atoms with Gasteiger partial charge in [0.15, 0.2) is 0 Å². The number of pyridine rings is 1. The first-order valence-corrected chi connectivity index (χ1v) is 24.1. The number of aryl methyl sites for hydroxylation is 1. The van der Waals surface area contributed by atoms with Crippen LogP contribution < -0.4 is 10.7 Å². The average Bonchev–Trinajstić information content (AvgIpc) is 4.04. The summed E-state index contributed by atoms with van der Waals surface area (Å²) in [5, 5.41) is 5.58.